The molecule has 0 amide bonds. The Bertz CT molecular complexity index is 1790. The third-order valence-corrected chi connectivity index (χ3v) is 8.63. The van der Waals surface area contributed by atoms with Crippen LogP contribution in [0.25, 0.3) is 22.3 Å². The Labute approximate surface area is 239 Å². The average molecular weight is 624 g/mol. The fraction of sp³-hybridized carbons (Fsp3) is 0.545. The number of ether oxygens (including phenoxy) is 3. The lowest BCUT2D eigenvalue weighted by Gasteiger charge is -2.25. The van der Waals surface area contributed by atoms with Crippen molar-refractivity contribution >= 4 is 41.9 Å². The Morgan fingerprint density at radius 1 is 1.00 bits per heavy atom. The molecule has 43 heavy (non-hydrogen) atoms. The highest BCUT2D eigenvalue weighted by molar-refractivity contribution is 7.47. The number of alkyl halides is 1. The lowest BCUT2D eigenvalue weighted by Crippen LogP contribution is -2.29. The van der Waals surface area contributed by atoms with E-state index in [1.54, 1.807) is 0 Å². The van der Waals surface area contributed by atoms with Crippen LogP contribution in [0.5, 0.6) is 0 Å². The molecule has 0 radical (unpaired) electrons. The van der Waals surface area contributed by atoms with E-state index in [2.05, 4.69) is 29.9 Å². The van der Waals surface area contributed by atoms with Crippen molar-refractivity contribution in [3.8, 4) is 0 Å². The predicted octanol–water partition coefficient (Wildman–Crippen LogP) is -0.148. The van der Waals surface area contributed by atoms with Gasteiger partial charge in [0.25, 0.3) is 5.56 Å². The number of anilines is 2. The lowest BCUT2D eigenvalue weighted by atomic mass is 9.93. The van der Waals surface area contributed by atoms with E-state index in [1.165, 1.54) is 28.1 Å². The molecule has 9 atom stereocenters. The molecule has 21 heteroatoms. The number of fused-ring (bicyclic) bond motifs is 5. The number of rotatable bonds is 2. The van der Waals surface area contributed by atoms with Gasteiger partial charge in [0.05, 0.1) is 25.4 Å². The first-order valence-corrected chi connectivity index (χ1v) is 14.7. The first-order chi connectivity index (χ1) is 20.6. The standard InChI is InChI=1S/C22H26FN10O9P/c23-13-8-1-2-11(34)40-12-3-9(20(41-12)33-7-29-15-18(33)30-22(25)31-19(15)35)42-43(36,37)38-4-10(8)39-21(13)32-6-28-14-16(24)26-5-27-17(14)32/h5-13,20-21,34H,1-4H2,(H,36,37)(H2,24,26,27)(H3,25,30,31,35)/t8?,9-,10?,11?,12-,13?,20?,21?/m0/s1. The normalized spacial score (nSPS) is 35.4. The van der Waals surface area contributed by atoms with Crippen molar-refractivity contribution in [2.45, 2.75) is 62.7 Å². The predicted molar refractivity (Wildman–Crippen MR) is 140 cm³/mol. The summed E-state index contributed by atoms with van der Waals surface area (Å²) in [5.74, 6) is -0.976. The molecule has 7 rings (SSSR count). The average Bonchev–Trinajstić information content (AvgIpc) is 3.71. The Kier molecular flexibility index (Phi) is 6.89. The van der Waals surface area contributed by atoms with Gasteiger partial charge in [-0.25, -0.2) is 28.9 Å². The van der Waals surface area contributed by atoms with Gasteiger partial charge in [-0.3, -0.25) is 28.0 Å². The van der Waals surface area contributed by atoms with E-state index in [0.29, 0.717) is 0 Å². The molecule has 0 spiro atoms. The molecule has 4 aromatic heterocycles. The number of halogens is 1. The van der Waals surface area contributed by atoms with Gasteiger partial charge in [-0.1, -0.05) is 0 Å². The number of nitrogens with two attached hydrogens (primary N) is 2. The molecule has 3 saturated heterocycles. The zero-order valence-corrected chi connectivity index (χ0v) is 22.9. The van der Waals surface area contributed by atoms with Crippen LogP contribution >= 0.6 is 7.82 Å². The van der Waals surface area contributed by atoms with Gasteiger partial charge in [-0.05, 0) is 12.8 Å². The molecule has 3 aliphatic heterocycles. The van der Waals surface area contributed by atoms with Gasteiger partial charge >= 0.3 is 7.82 Å². The number of nitrogen functional groups attached to an aromatic ring is 2. The third kappa shape index (κ3) is 5.04. The monoisotopic (exact) mass is 624 g/mol. The van der Waals surface area contributed by atoms with E-state index in [4.69, 9.17) is 34.7 Å². The van der Waals surface area contributed by atoms with Crippen LogP contribution in [-0.2, 0) is 27.8 Å². The van der Waals surface area contributed by atoms with Gasteiger partial charge < -0.3 is 35.7 Å². The molecule has 0 aromatic carbocycles. The number of aromatic nitrogens is 8. The number of aliphatic hydroxyl groups is 1. The number of nitrogens with one attached hydrogen (secondary N) is 1. The van der Waals surface area contributed by atoms with Crippen molar-refractivity contribution in [1.29, 1.82) is 0 Å². The van der Waals surface area contributed by atoms with Gasteiger partial charge in [-0.2, -0.15) is 4.98 Å². The number of H-pyrrole nitrogens is 1. The molecule has 2 bridgehead atoms. The lowest BCUT2D eigenvalue weighted by molar-refractivity contribution is -0.232. The van der Waals surface area contributed by atoms with Crippen molar-refractivity contribution in [3.05, 3.63) is 29.3 Å². The maximum absolute atomic E-state index is 15.9. The summed E-state index contributed by atoms with van der Waals surface area (Å²) >= 11 is 0. The molecule has 0 aliphatic carbocycles. The summed E-state index contributed by atoms with van der Waals surface area (Å²) < 4.78 is 60.0. The number of hydrogen-bond acceptors (Lipinski definition) is 15. The molecule has 7 unspecified atom stereocenters. The zero-order valence-electron chi connectivity index (χ0n) is 22.0. The van der Waals surface area contributed by atoms with E-state index in [0.717, 1.165) is 0 Å². The number of nitrogens with zero attached hydrogens (tertiary/aromatic N) is 7. The topological polar surface area (TPSA) is 263 Å². The van der Waals surface area contributed by atoms with Crippen LogP contribution in [0, 0.1) is 5.92 Å². The highest BCUT2D eigenvalue weighted by Gasteiger charge is 2.49. The minimum Gasteiger partial charge on any atom is -0.382 e. The van der Waals surface area contributed by atoms with Crippen molar-refractivity contribution in [2.75, 3.05) is 18.1 Å². The quantitative estimate of drug-likeness (QED) is 0.182. The number of hydrogen-bond donors (Lipinski definition) is 5. The summed E-state index contributed by atoms with van der Waals surface area (Å²) in [6.07, 6.45) is -5.19. The molecule has 7 heterocycles. The summed E-state index contributed by atoms with van der Waals surface area (Å²) in [7, 11) is -4.83. The molecule has 3 fully saturated rings. The SMILES string of the molecule is Nc1nc2c(ncn2C2O[C@H]3C[C@@H]2OP(=O)(O)OCC2OC(n4cnc5c(N)ncnc54)C(F)C2CCC(O)O3)c(=O)[nH]1. The second-order valence-electron chi connectivity index (χ2n) is 10.3. The molecular weight excluding hydrogens is 598 g/mol. The molecule has 7 N–H and O–H groups in total. The van der Waals surface area contributed by atoms with Crippen molar-refractivity contribution in [3.63, 3.8) is 0 Å². The number of imidazole rings is 2. The number of aromatic amines is 1. The summed E-state index contributed by atoms with van der Waals surface area (Å²) in [4.78, 5) is 45.6. The van der Waals surface area contributed by atoms with E-state index >= 15 is 4.39 Å². The van der Waals surface area contributed by atoms with Crippen LogP contribution < -0.4 is 17.0 Å². The number of phosphoric ester groups is 1. The fourth-order valence-electron chi connectivity index (χ4n) is 5.66. The van der Waals surface area contributed by atoms with Crippen LogP contribution in [0.3, 0.4) is 0 Å². The minimum absolute atomic E-state index is 0.0251. The first-order valence-electron chi connectivity index (χ1n) is 13.2. The van der Waals surface area contributed by atoms with Crippen molar-refractivity contribution in [2.24, 2.45) is 5.92 Å². The molecule has 19 nitrogen and oxygen atoms in total. The highest BCUT2D eigenvalue weighted by atomic mass is 31.2. The van der Waals surface area contributed by atoms with E-state index < -0.39 is 69.3 Å². The number of phosphoric acid groups is 1. The summed E-state index contributed by atoms with van der Waals surface area (Å²) in [6.45, 7) is -0.529. The molecule has 230 valence electrons. The Balaban J connectivity index is 1.16. The van der Waals surface area contributed by atoms with Crippen LogP contribution in [0.15, 0.2) is 23.8 Å². The van der Waals surface area contributed by atoms with Gasteiger partial charge in [0.15, 0.2) is 53.8 Å². The maximum Gasteiger partial charge on any atom is 0.472 e. The summed E-state index contributed by atoms with van der Waals surface area (Å²) in [5, 5.41) is 10.7. The summed E-state index contributed by atoms with van der Waals surface area (Å²) in [6, 6.07) is 0. The van der Waals surface area contributed by atoms with Crippen LogP contribution in [0.2, 0.25) is 0 Å². The van der Waals surface area contributed by atoms with Crippen LogP contribution in [0.1, 0.15) is 31.7 Å². The highest BCUT2D eigenvalue weighted by Crippen LogP contribution is 2.51. The minimum atomic E-state index is -4.83. The fourth-order valence-corrected chi connectivity index (χ4v) is 6.59. The van der Waals surface area contributed by atoms with Crippen LogP contribution in [0.4, 0.5) is 16.2 Å². The largest absolute Gasteiger partial charge is 0.472 e. The summed E-state index contributed by atoms with van der Waals surface area (Å²) in [5.41, 5.74) is 11.4. The van der Waals surface area contributed by atoms with Crippen molar-refractivity contribution < 1.29 is 42.2 Å². The first kappa shape index (κ1) is 28.2. The van der Waals surface area contributed by atoms with Gasteiger partial charge in [0, 0.05) is 12.3 Å². The second kappa shape index (κ2) is 10.5. The molecule has 3 aliphatic rings. The molecule has 0 saturated carbocycles. The Morgan fingerprint density at radius 3 is 2.58 bits per heavy atom. The Morgan fingerprint density at radius 2 is 1.77 bits per heavy atom. The van der Waals surface area contributed by atoms with E-state index in [-0.39, 0.29) is 53.4 Å². The van der Waals surface area contributed by atoms with E-state index in [1.807, 2.05) is 0 Å². The van der Waals surface area contributed by atoms with Gasteiger partial charge in [-0.15, -0.1) is 0 Å². The van der Waals surface area contributed by atoms with Crippen molar-refractivity contribution in [1.82, 2.24) is 39.0 Å². The number of aliphatic hydroxyl groups excluding tert-OH is 1. The van der Waals surface area contributed by atoms with Gasteiger partial charge in [0.2, 0.25) is 5.95 Å². The Hall–Kier alpha value is -3.62. The molecule has 4 aromatic rings. The second-order valence-corrected chi connectivity index (χ2v) is 11.7. The van der Waals surface area contributed by atoms with E-state index in [9.17, 15) is 19.4 Å². The molecular formula is C22H26FN10O9P. The smallest absolute Gasteiger partial charge is 0.382 e. The third-order valence-electron chi connectivity index (χ3n) is 7.62. The van der Waals surface area contributed by atoms with Crippen LogP contribution in [-0.4, -0.2) is 86.6 Å². The zero-order chi connectivity index (χ0) is 30.0. The van der Waals surface area contributed by atoms with Gasteiger partial charge in [0.1, 0.15) is 17.9 Å². The maximum atomic E-state index is 15.9.